The molecule has 0 saturated heterocycles. The molecule has 0 bridgehead atoms. The number of nitrogens with zero attached hydrogens (tertiary/aromatic N) is 1. The SMILES string of the molecule is CC(C)(C)C(=O)C(C#N)=Cc1ccc(OCc2c(F)cccc2Cl)cc1. The molecule has 0 aliphatic rings. The number of hydrogen-bond acceptors (Lipinski definition) is 3. The van der Waals surface area contributed by atoms with E-state index in [1.54, 1.807) is 57.2 Å². The van der Waals surface area contributed by atoms with Gasteiger partial charge in [-0.3, -0.25) is 4.79 Å². The van der Waals surface area contributed by atoms with Crippen LogP contribution in [0.2, 0.25) is 5.02 Å². The summed E-state index contributed by atoms with van der Waals surface area (Å²) in [5, 5.41) is 9.54. The van der Waals surface area contributed by atoms with Crippen LogP contribution < -0.4 is 4.74 Å². The third-order valence-corrected chi connectivity index (χ3v) is 4.04. The maximum absolute atomic E-state index is 13.7. The highest BCUT2D eigenvalue weighted by atomic mass is 35.5. The second kappa shape index (κ2) is 8.16. The van der Waals surface area contributed by atoms with Gasteiger partial charge in [-0.1, -0.05) is 50.6 Å². The molecule has 0 fully saturated rings. The molecule has 26 heavy (non-hydrogen) atoms. The van der Waals surface area contributed by atoms with Crippen LogP contribution in [0.4, 0.5) is 4.39 Å². The summed E-state index contributed by atoms with van der Waals surface area (Å²) in [6, 6.07) is 13.3. The molecule has 0 aliphatic carbocycles. The van der Waals surface area contributed by atoms with Gasteiger partial charge in [-0.15, -0.1) is 0 Å². The van der Waals surface area contributed by atoms with E-state index in [4.69, 9.17) is 16.3 Å². The van der Waals surface area contributed by atoms with Crippen LogP contribution in [0.1, 0.15) is 31.9 Å². The number of hydrogen-bond donors (Lipinski definition) is 0. The van der Waals surface area contributed by atoms with Crippen molar-refractivity contribution in [1.82, 2.24) is 0 Å². The molecule has 2 rings (SSSR count). The number of allylic oxidation sites excluding steroid dienone is 1. The summed E-state index contributed by atoms with van der Waals surface area (Å²) in [6.07, 6.45) is 1.55. The minimum Gasteiger partial charge on any atom is -0.489 e. The molecule has 0 saturated carbocycles. The van der Waals surface area contributed by atoms with E-state index in [-0.39, 0.29) is 18.0 Å². The van der Waals surface area contributed by atoms with Crippen molar-refractivity contribution < 1.29 is 13.9 Å². The fourth-order valence-electron chi connectivity index (χ4n) is 2.21. The lowest BCUT2D eigenvalue weighted by Crippen LogP contribution is -2.21. The van der Waals surface area contributed by atoms with Crippen molar-refractivity contribution in [3.63, 3.8) is 0 Å². The molecule has 0 atom stereocenters. The molecule has 0 N–H and O–H groups in total. The van der Waals surface area contributed by atoms with Crippen molar-refractivity contribution in [3.8, 4) is 11.8 Å². The second-order valence-corrected chi connectivity index (χ2v) is 7.21. The maximum Gasteiger partial charge on any atom is 0.178 e. The molecule has 0 heterocycles. The lowest BCUT2D eigenvalue weighted by atomic mass is 9.86. The zero-order valence-corrected chi connectivity index (χ0v) is 15.6. The lowest BCUT2D eigenvalue weighted by molar-refractivity contribution is -0.121. The highest BCUT2D eigenvalue weighted by Crippen LogP contribution is 2.24. The van der Waals surface area contributed by atoms with Gasteiger partial charge in [0.1, 0.15) is 24.2 Å². The normalized spacial score (nSPS) is 11.8. The summed E-state index contributed by atoms with van der Waals surface area (Å²) in [5.41, 5.74) is 0.476. The molecule has 5 heteroatoms. The van der Waals surface area contributed by atoms with Gasteiger partial charge in [0.05, 0.1) is 10.6 Å². The monoisotopic (exact) mass is 371 g/mol. The summed E-state index contributed by atoms with van der Waals surface area (Å²) >= 11 is 5.97. The van der Waals surface area contributed by atoms with Crippen LogP contribution >= 0.6 is 11.6 Å². The summed E-state index contributed by atoms with van der Waals surface area (Å²) in [5.74, 6) is -0.104. The predicted molar refractivity (Wildman–Crippen MR) is 100 cm³/mol. The van der Waals surface area contributed by atoms with E-state index < -0.39 is 11.2 Å². The van der Waals surface area contributed by atoms with Gasteiger partial charge in [-0.25, -0.2) is 4.39 Å². The molecule has 0 aliphatic heterocycles. The van der Waals surface area contributed by atoms with E-state index in [0.29, 0.717) is 21.9 Å². The number of nitriles is 1. The number of ketones is 1. The first-order chi connectivity index (χ1) is 12.2. The van der Waals surface area contributed by atoms with Crippen molar-refractivity contribution >= 4 is 23.5 Å². The Balaban J connectivity index is 2.12. The highest BCUT2D eigenvalue weighted by Gasteiger charge is 2.24. The number of Topliss-reactive ketones (excluding diaryl/α,β-unsaturated/α-hetero) is 1. The second-order valence-electron chi connectivity index (χ2n) is 6.81. The molecule has 0 aromatic heterocycles. The number of benzene rings is 2. The summed E-state index contributed by atoms with van der Waals surface area (Å²) in [4.78, 5) is 12.2. The number of halogens is 2. The van der Waals surface area contributed by atoms with Crippen molar-refractivity contribution in [3.05, 3.63) is 70.0 Å². The van der Waals surface area contributed by atoms with Gasteiger partial charge in [-0.2, -0.15) is 5.26 Å². The third-order valence-electron chi connectivity index (χ3n) is 3.68. The molecule has 2 aromatic carbocycles. The molecule has 0 spiro atoms. The zero-order chi connectivity index (χ0) is 19.3. The fourth-order valence-corrected chi connectivity index (χ4v) is 2.42. The van der Waals surface area contributed by atoms with Crippen LogP contribution in [0, 0.1) is 22.6 Å². The average molecular weight is 372 g/mol. The number of rotatable bonds is 5. The van der Waals surface area contributed by atoms with Crippen molar-refractivity contribution in [1.29, 1.82) is 5.26 Å². The van der Waals surface area contributed by atoms with Gasteiger partial charge in [0.15, 0.2) is 5.78 Å². The van der Waals surface area contributed by atoms with Crippen LogP contribution in [0.5, 0.6) is 5.75 Å². The Hall–Kier alpha value is -2.64. The van der Waals surface area contributed by atoms with Gasteiger partial charge >= 0.3 is 0 Å². The first-order valence-electron chi connectivity index (χ1n) is 8.04. The Morgan fingerprint density at radius 2 is 1.88 bits per heavy atom. The minimum absolute atomic E-state index is 0.00660. The van der Waals surface area contributed by atoms with E-state index in [0.717, 1.165) is 0 Å². The largest absolute Gasteiger partial charge is 0.489 e. The number of carbonyl (C=O) groups is 1. The zero-order valence-electron chi connectivity index (χ0n) is 14.8. The molecule has 0 unspecified atom stereocenters. The number of carbonyl (C=O) groups excluding carboxylic acids is 1. The van der Waals surface area contributed by atoms with E-state index in [1.807, 2.05) is 6.07 Å². The summed E-state index contributed by atoms with van der Waals surface area (Å²) in [7, 11) is 0. The van der Waals surface area contributed by atoms with Crippen molar-refractivity contribution in [2.75, 3.05) is 0 Å². The maximum atomic E-state index is 13.7. The smallest absolute Gasteiger partial charge is 0.178 e. The molecular weight excluding hydrogens is 353 g/mol. The first-order valence-corrected chi connectivity index (χ1v) is 8.42. The van der Waals surface area contributed by atoms with E-state index in [9.17, 15) is 14.4 Å². The Morgan fingerprint density at radius 3 is 2.42 bits per heavy atom. The Bertz CT molecular complexity index is 854. The topological polar surface area (TPSA) is 50.1 Å². The van der Waals surface area contributed by atoms with Crippen LogP contribution in [0.15, 0.2) is 48.0 Å². The van der Waals surface area contributed by atoms with Crippen molar-refractivity contribution in [2.24, 2.45) is 5.41 Å². The minimum atomic E-state index is -0.621. The Morgan fingerprint density at radius 1 is 1.23 bits per heavy atom. The number of ether oxygens (including phenoxy) is 1. The molecule has 0 radical (unpaired) electrons. The van der Waals surface area contributed by atoms with Crippen LogP contribution in [0.3, 0.4) is 0 Å². The van der Waals surface area contributed by atoms with Crippen LogP contribution in [0.25, 0.3) is 6.08 Å². The third kappa shape index (κ3) is 4.93. The average Bonchev–Trinajstić information content (AvgIpc) is 2.59. The highest BCUT2D eigenvalue weighted by molar-refractivity contribution is 6.31. The molecule has 134 valence electrons. The quantitative estimate of drug-likeness (QED) is 0.509. The van der Waals surface area contributed by atoms with E-state index in [2.05, 4.69) is 0 Å². The molecular formula is C21H19ClFNO2. The van der Waals surface area contributed by atoms with Gasteiger partial charge in [0, 0.05) is 11.0 Å². The molecule has 2 aromatic rings. The van der Waals surface area contributed by atoms with Crippen LogP contribution in [-0.4, -0.2) is 5.78 Å². The summed E-state index contributed by atoms with van der Waals surface area (Å²) in [6.45, 7) is 5.31. The standard InChI is InChI=1S/C21H19ClFNO2/c1-21(2,3)20(25)15(12-24)11-14-7-9-16(10-8-14)26-13-17-18(22)5-4-6-19(17)23/h4-11H,13H2,1-3H3. The van der Waals surface area contributed by atoms with Gasteiger partial charge < -0.3 is 4.74 Å². The van der Waals surface area contributed by atoms with Crippen LogP contribution in [-0.2, 0) is 11.4 Å². The fraction of sp³-hybridized carbons (Fsp3) is 0.238. The van der Waals surface area contributed by atoms with E-state index in [1.165, 1.54) is 12.1 Å². The van der Waals surface area contributed by atoms with Crippen molar-refractivity contribution in [2.45, 2.75) is 27.4 Å². The predicted octanol–water partition coefficient (Wildman–Crippen LogP) is 5.58. The molecule has 0 amide bonds. The van der Waals surface area contributed by atoms with Gasteiger partial charge in [0.2, 0.25) is 0 Å². The van der Waals surface area contributed by atoms with E-state index >= 15 is 0 Å². The summed E-state index contributed by atoms with van der Waals surface area (Å²) < 4.78 is 19.3. The first kappa shape index (κ1) is 19.7. The van der Waals surface area contributed by atoms with Gasteiger partial charge in [0.25, 0.3) is 0 Å². The lowest BCUT2D eigenvalue weighted by Gasteiger charge is -2.15. The van der Waals surface area contributed by atoms with Gasteiger partial charge in [-0.05, 0) is 35.9 Å². The molecule has 3 nitrogen and oxygen atoms in total. The Labute approximate surface area is 157 Å². The Kier molecular flexibility index (Phi) is 6.18.